The van der Waals surface area contributed by atoms with Gasteiger partial charge in [0.1, 0.15) is 0 Å². The molecule has 1 aromatic carbocycles. The van der Waals surface area contributed by atoms with Crippen molar-refractivity contribution in [2.24, 2.45) is 4.99 Å². The zero-order valence-electron chi connectivity index (χ0n) is 18.5. The van der Waals surface area contributed by atoms with Crippen LogP contribution in [0.15, 0.2) is 29.3 Å². The summed E-state index contributed by atoms with van der Waals surface area (Å²) in [6.45, 7) is 14.6. The summed E-state index contributed by atoms with van der Waals surface area (Å²) < 4.78 is 0. The smallest absolute Gasteiger partial charge is 0.191 e. The summed E-state index contributed by atoms with van der Waals surface area (Å²) in [4.78, 5) is 9.44. The molecule has 1 heterocycles. The molecule has 0 radical (unpaired) electrons. The molecule has 5 heteroatoms. The number of hydrogen-bond acceptors (Lipinski definition) is 3. The standard InChI is InChI=1S/C23H41N5/c1-5-27(6-2)16-9-11-20(3)26-23(24-4)25-15-10-17-28-18-14-21-12-7-8-13-22(21)19-28/h7-8,12-13,20H,5-6,9-11,14-19H2,1-4H3,(H2,24,25,26). The lowest BCUT2D eigenvalue weighted by Gasteiger charge is -2.28. The first kappa shape index (κ1) is 22.7. The minimum absolute atomic E-state index is 0.445. The molecule has 0 saturated carbocycles. The molecule has 2 N–H and O–H groups in total. The molecule has 0 spiro atoms. The van der Waals surface area contributed by atoms with E-state index in [2.05, 4.69) is 70.5 Å². The van der Waals surface area contributed by atoms with Crippen molar-refractivity contribution in [2.75, 3.05) is 46.3 Å². The van der Waals surface area contributed by atoms with Gasteiger partial charge in [0.25, 0.3) is 0 Å². The van der Waals surface area contributed by atoms with E-state index in [-0.39, 0.29) is 0 Å². The molecule has 1 atom stereocenters. The van der Waals surface area contributed by atoms with Gasteiger partial charge in [0.2, 0.25) is 0 Å². The number of benzene rings is 1. The van der Waals surface area contributed by atoms with Crippen molar-refractivity contribution in [2.45, 2.75) is 59.0 Å². The Morgan fingerprint density at radius 2 is 1.93 bits per heavy atom. The second-order valence-corrected chi connectivity index (χ2v) is 7.86. The average Bonchev–Trinajstić information content (AvgIpc) is 2.73. The van der Waals surface area contributed by atoms with E-state index in [1.54, 1.807) is 0 Å². The fourth-order valence-corrected chi connectivity index (χ4v) is 3.92. The maximum Gasteiger partial charge on any atom is 0.191 e. The van der Waals surface area contributed by atoms with Crippen LogP contribution >= 0.6 is 0 Å². The number of nitrogens with one attached hydrogen (secondary N) is 2. The molecule has 0 aromatic heterocycles. The summed E-state index contributed by atoms with van der Waals surface area (Å²) in [5, 5.41) is 7.02. The highest BCUT2D eigenvalue weighted by Crippen LogP contribution is 2.18. The summed E-state index contributed by atoms with van der Waals surface area (Å²) in [6.07, 6.45) is 4.71. The Morgan fingerprint density at radius 1 is 1.18 bits per heavy atom. The van der Waals surface area contributed by atoms with Gasteiger partial charge in [0.05, 0.1) is 0 Å². The number of nitrogens with zero attached hydrogens (tertiary/aromatic N) is 3. The van der Waals surface area contributed by atoms with E-state index in [0.717, 1.165) is 45.1 Å². The molecule has 1 aliphatic heterocycles. The average molecular weight is 388 g/mol. The third kappa shape index (κ3) is 7.80. The molecule has 0 bridgehead atoms. The summed E-state index contributed by atoms with van der Waals surface area (Å²) in [6, 6.07) is 9.30. The lowest BCUT2D eigenvalue weighted by Crippen LogP contribution is -2.43. The van der Waals surface area contributed by atoms with E-state index in [9.17, 15) is 0 Å². The van der Waals surface area contributed by atoms with Gasteiger partial charge >= 0.3 is 0 Å². The Balaban J connectivity index is 1.59. The van der Waals surface area contributed by atoms with Gasteiger partial charge in [0, 0.05) is 39.3 Å². The molecule has 2 rings (SSSR count). The Labute approximate surface area is 172 Å². The molecule has 5 nitrogen and oxygen atoms in total. The van der Waals surface area contributed by atoms with Gasteiger partial charge in [-0.05, 0) is 63.4 Å². The van der Waals surface area contributed by atoms with Crippen LogP contribution in [0.3, 0.4) is 0 Å². The SMILES string of the molecule is CCN(CC)CCCC(C)NC(=NC)NCCCN1CCc2ccccc2C1. The van der Waals surface area contributed by atoms with Crippen molar-refractivity contribution in [3.05, 3.63) is 35.4 Å². The van der Waals surface area contributed by atoms with Crippen LogP contribution in [0.2, 0.25) is 0 Å². The van der Waals surface area contributed by atoms with Crippen molar-refractivity contribution >= 4 is 5.96 Å². The fraction of sp³-hybridized carbons (Fsp3) is 0.696. The molecule has 0 aliphatic carbocycles. The second kappa shape index (κ2) is 12.8. The Morgan fingerprint density at radius 3 is 2.64 bits per heavy atom. The van der Waals surface area contributed by atoms with E-state index in [1.807, 2.05) is 7.05 Å². The highest BCUT2D eigenvalue weighted by Gasteiger charge is 2.15. The zero-order valence-corrected chi connectivity index (χ0v) is 18.5. The maximum absolute atomic E-state index is 4.39. The van der Waals surface area contributed by atoms with E-state index in [0.29, 0.717) is 6.04 Å². The Hall–Kier alpha value is -1.59. The Kier molecular flexibility index (Phi) is 10.4. The third-order valence-corrected chi connectivity index (χ3v) is 5.77. The fourth-order valence-electron chi connectivity index (χ4n) is 3.92. The molecular weight excluding hydrogens is 346 g/mol. The minimum atomic E-state index is 0.445. The largest absolute Gasteiger partial charge is 0.356 e. The van der Waals surface area contributed by atoms with E-state index < -0.39 is 0 Å². The molecule has 0 saturated heterocycles. The summed E-state index contributed by atoms with van der Waals surface area (Å²) in [7, 11) is 1.86. The first-order chi connectivity index (χ1) is 13.7. The highest BCUT2D eigenvalue weighted by molar-refractivity contribution is 5.79. The van der Waals surface area contributed by atoms with Crippen molar-refractivity contribution in [1.29, 1.82) is 0 Å². The normalized spacial score (nSPS) is 16.1. The number of rotatable bonds is 11. The molecular formula is C23H41N5. The van der Waals surface area contributed by atoms with Gasteiger partial charge < -0.3 is 15.5 Å². The lowest BCUT2D eigenvalue weighted by molar-refractivity contribution is 0.251. The van der Waals surface area contributed by atoms with Crippen LogP contribution in [0.1, 0.15) is 51.2 Å². The van der Waals surface area contributed by atoms with Crippen LogP contribution in [0.25, 0.3) is 0 Å². The van der Waals surface area contributed by atoms with Crippen LogP contribution < -0.4 is 10.6 Å². The Bertz CT molecular complexity index is 582. The van der Waals surface area contributed by atoms with E-state index >= 15 is 0 Å². The molecule has 1 aromatic rings. The van der Waals surface area contributed by atoms with Gasteiger partial charge in [-0.2, -0.15) is 0 Å². The van der Waals surface area contributed by atoms with Gasteiger partial charge in [-0.15, -0.1) is 0 Å². The minimum Gasteiger partial charge on any atom is -0.356 e. The van der Waals surface area contributed by atoms with Crippen LogP contribution in [-0.4, -0.2) is 68.1 Å². The number of hydrogen-bond donors (Lipinski definition) is 2. The molecule has 0 fully saturated rings. The molecule has 1 aliphatic rings. The summed E-state index contributed by atoms with van der Waals surface area (Å²) in [5.41, 5.74) is 3.02. The molecule has 0 amide bonds. The second-order valence-electron chi connectivity index (χ2n) is 7.86. The molecule has 28 heavy (non-hydrogen) atoms. The van der Waals surface area contributed by atoms with Crippen molar-refractivity contribution in [1.82, 2.24) is 20.4 Å². The predicted molar refractivity (Wildman–Crippen MR) is 121 cm³/mol. The summed E-state index contributed by atoms with van der Waals surface area (Å²) in [5.74, 6) is 0.930. The molecule has 158 valence electrons. The van der Waals surface area contributed by atoms with Gasteiger partial charge in [-0.1, -0.05) is 38.1 Å². The van der Waals surface area contributed by atoms with Crippen LogP contribution in [0.5, 0.6) is 0 Å². The topological polar surface area (TPSA) is 42.9 Å². The van der Waals surface area contributed by atoms with Gasteiger partial charge in [0.15, 0.2) is 5.96 Å². The van der Waals surface area contributed by atoms with Crippen LogP contribution in [0, 0.1) is 0 Å². The summed E-state index contributed by atoms with van der Waals surface area (Å²) >= 11 is 0. The van der Waals surface area contributed by atoms with Crippen LogP contribution in [-0.2, 0) is 13.0 Å². The van der Waals surface area contributed by atoms with Crippen LogP contribution in [0.4, 0.5) is 0 Å². The molecule has 1 unspecified atom stereocenters. The third-order valence-electron chi connectivity index (χ3n) is 5.77. The maximum atomic E-state index is 4.39. The highest BCUT2D eigenvalue weighted by atomic mass is 15.2. The predicted octanol–water partition coefficient (Wildman–Crippen LogP) is 3.11. The number of aliphatic imine (C=N–C) groups is 1. The monoisotopic (exact) mass is 387 g/mol. The first-order valence-corrected chi connectivity index (χ1v) is 11.1. The van der Waals surface area contributed by atoms with Gasteiger partial charge in [-0.25, -0.2) is 0 Å². The number of fused-ring (bicyclic) bond motifs is 1. The lowest BCUT2D eigenvalue weighted by atomic mass is 10.00. The van der Waals surface area contributed by atoms with E-state index in [1.165, 1.54) is 43.5 Å². The van der Waals surface area contributed by atoms with Crippen molar-refractivity contribution in [3.63, 3.8) is 0 Å². The quantitative estimate of drug-likeness (QED) is 0.348. The first-order valence-electron chi connectivity index (χ1n) is 11.1. The van der Waals surface area contributed by atoms with E-state index in [4.69, 9.17) is 0 Å². The van der Waals surface area contributed by atoms with Crippen molar-refractivity contribution in [3.8, 4) is 0 Å². The number of guanidine groups is 1. The van der Waals surface area contributed by atoms with Gasteiger partial charge in [-0.3, -0.25) is 9.89 Å². The zero-order chi connectivity index (χ0) is 20.2. The van der Waals surface area contributed by atoms with Crippen molar-refractivity contribution < 1.29 is 0 Å².